The van der Waals surface area contributed by atoms with E-state index in [2.05, 4.69) is 4.98 Å². The van der Waals surface area contributed by atoms with E-state index >= 15 is 0 Å². The number of aromatic nitrogens is 1. The predicted octanol–water partition coefficient (Wildman–Crippen LogP) is 3.01. The van der Waals surface area contributed by atoms with E-state index in [0.29, 0.717) is 0 Å². The Hall–Kier alpha value is -2.40. The van der Waals surface area contributed by atoms with Crippen LogP contribution >= 0.6 is 0 Å². The van der Waals surface area contributed by atoms with Crippen molar-refractivity contribution < 1.29 is 9.53 Å². The fourth-order valence-corrected chi connectivity index (χ4v) is 2.71. The Balaban J connectivity index is 1.69. The van der Waals surface area contributed by atoms with Gasteiger partial charge in [-0.3, -0.25) is 4.98 Å². The van der Waals surface area contributed by atoms with Crippen molar-refractivity contribution in [1.29, 1.82) is 0 Å². The van der Waals surface area contributed by atoms with Crippen molar-refractivity contribution in [3.8, 4) is 0 Å². The number of hydrogen-bond acceptors (Lipinski definition) is 4. The van der Waals surface area contributed by atoms with Crippen LogP contribution in [0.2, 0.25) is 0 Å². The van der Waals surface area contributed by atoms with Crippen LogP contribution in [0.15, 0.2) is 54.9 Å². The van der Waals surface area contributed by atoms with Crippen LogP contribution in [0.5, 0.6) is 0 Å². The van der Waals surface area contributed by atoms with Gasteiger partial charge in [-0.15, -0.1) is 0 Å². The molecule has 2 aromatic rings. The van der Waals surface area contributed by atoms with Crippen molar-refractivity contribution in [2.45, 2.75) is 19.1 Å². The van der Waals surface area contributed by atoms with Gasteiger partial charge in [0.25, 0.3) is 0 Å². The number of ether oxygens (including phenoxy) is 1. The van der Waals surface area contributed by atoms with E-state index < -0.39 is 0 Å². The molecule has 2 heterocycles. The fraction of sp³-hybridized carbons (Fsp3) is 0.294. The van der Waals surface area contributed by atoms with Crippen molar-refractivity contribution in [3.05, 3.63) is 66.0 Å². The summed E-state index contributed by atoms with van der Waals surface area (Å²) in [6.45, 7) is 1.10. The molecule has 1 aliphatic rings. The fourth-order valence-electron chi connectivity index (χ4n) is 2.71. The molecular weight excluding hydrogens is 278 g/mol. The van der Waals surface area contributed by atoms with Crippen LogP contribution < -0.4 is 0 Å². The zero-order valence-corrected chi connectivity index (χ0v) is 12.6. The molecule has 1 aromatic heterocycles. The molecule has 0 radical (unpaired) electrons. The van der Waals surface area contributed by atoms with Crippen LogP contribution in [-0.2, 0) is 11.3 Å². The third kappa shape index (κ3) is 3.09. The Kier molecular flexibility index (Phi) is 4.34. The molecule has 1 atom stereocenters. The molecule has 3 rings (SSSR count). The summed E-state index contributed by atoms with van der Waals surface area (Å²) in [7, 11) is 1.90. The van der Waals surface area contributed by atoms with Crippen molar-refractivity contribution in [1.82, 2.24) is 15.0 Å². The molecule has 114 valence electrons. The minimum atomic E-state index is -0.322. The van der Waals surface area contributed by atoms with Gasteiger partial charge in [0.05, 0.1) is 6.04 Å². The lowest BCUT2D eigenvalue weighted by Crippen LogP contribution is -2.40. The monoisotopic (exact) mass is 297 g/mol. The average Bonchev–Trinajstić information content (AvgIpc) is 2.96. The van der Waals surface area contributed by atoms with E-state index in [4.69, 9.17) is 4.74 Å². The molecule has 0 N–H and O–H groups in total. The lowest BCUT2D eigenvalue weighted by Gasteiger charge is -2.28. The van der Waals surface area contributed by atoms with Crippen molar-refractivity contribution in [2.24, 2.45) is 0 Å². The van der Waals surface area contributed by atoms with Gasteiger partial charge in [0.1, 0.15) is 6.61 Å². The first kappa shape index (κ1) is 14.5. The maximum absolute atomic E-state index is 12.5. The number of pyridine rings is 1. The number of nitrogens with zero attached hydrogens (tertiary/aromatic N) is 3. The lowest BCUT2D eigenvalue weighted by molar-refractivity contribution is 0.00525. The first-order valence-corrected chi connectivity index (χ1v) is 7.36. The summed E-state index contributed by atoms with van der Waals surface area (Å²) in [5.74, 6) is 0. The van der Waals surface area contributed by atoms with Gasteiger partial charge in [-0.25, -0.2) is 14.8 Å². The van der Waals surface area contributed by atoms with Gasteiger partial charge in [0.15, 0.2) is 0 Å². The van der Waals surface area contributed by atoms with Crippen LogP contribution in [0.25, 0.3) is 0 Å². The lowest BCUT2D eigenvalue weighted by atomic mass is 10.1. The summed E-state index contributed by atoms with van der Waals surface area (Å²) < 4.78 is 5.46. The molecule has 0 bridgehead atoms. The van der Waals surface area contributed by atoms with E-state index in [-0.39, 0.29) is 18.7 Å². The average molecular weight is 297 g/mol. The van der Waals surface area contributed by atoms with Gasteiger partial charge in [0.2, 0.25) is 0 Å². The first-order chi connectivity index (χ1) is 10.8. The van der Waals surface area contributed by atoms with Gasteiger partial charge >= 0.3 is 6.09 Å². The van der Waals surface area contributed by atoms with Crippen LogP contribution in [0.4, 0.5) is 4.79 Å². The number of rotatable bonds is 3. The Labute approximate surface area is 130 Å². The van der Waals surface area contributed by atoms with E-state index in [1.165, 1.54) is 0 Å². The maximum atomic E-state index is 12.5. The summed E-state index contributed by atoms with van der Waals surface area (Å²) in [5, 5.41) is 3.59. The SMILES string of the molecule is CN1CCC(c2cccnc2)N1C(=O)OCc1ccccc1. The van der Waals surface area contributed by atoms with Gasteiger partial charge in [-0.2, -0.15) is 0 Å². The van der Waals surface area contributed by atoms with E-state index in [9.17, 15) is 4.79 Å². The van der Waals surface area contributed by atoms with Gasteiger partial charge < -0.3 is 4.74 Å². The molecule has 0 saturated carbocycles. The number of amides is 1. The van der Waals surface area contributed by atoms with E-state index in [1.807, 2.05) is 54.5 Å². The molecular formula is C17H19N3O2. The molecule has 0 aliphatic carbocycles. The highest BCUT2D eigenvalue weighted by Crippen LogP contribution is 2.31. The molecule has 1 saturated heterocycles. The van der Waals surface area contributed by atoms with Gasteiger partial charge in [0, 0.05) is 26.0 Å². The molecule has 1 unspecified atom stereocenters. The summed E-state index contributed by atoms with van der Waals surface area (Å²) in [6.07, 6.45) is 4.10. The van der Waals surface area contributed by atoms with Crippen molar-refractivity contribution in [3.63, 3.8) is 0 Å². The third-order valence-electron chi connectivity index (χ3n) is 3.85. The predicted molar refractivity (Wildman–Crippen MR) is 82.7 cm³/mol. The Morgan fingerprint density at radius 3 is 2.82 bits per heavy atom. The normalized spacial score (nSPS) is 18.4. The minimum Gasteiger partial charge on any atom is -0.444 e. The van der Waals surface area contributed by atoms with E-state index in [0.717, 1.165) is 24.1 Å². The molecule has 5 nitrogen and oxygen atoms in total. The first-order valence-electron chi connectivity index (χ1n) is 7.36. The number of hydrazine groups is 1. The number of carbonyl (C=O) groups is 1. The molecule has 1 amide bonds. The van der Waals surface area contributed by atoms with Crippen LogP contribution in [-0.4, -0.2) is 34.7 Å². The Bertz CT molecular complexity index is 618. The number of benzene rings is 1. The van der Waals surface area contributed by atoms with Crippen molar-refractivity contribution >= 4 is 6.09 Å². The van der Waals surface area contributed by atoms with Crippen LogP contribution in [0.1, 0.15) is 23.6 Å². The summed E-state index contributed by atoms with van der Waals surface area (Å²) in [5.41, 5.74) is 2.01. The standard InChI is InChI=1S/C17H19N3O2/c1-19-11-9-16(15-8-5-10-18-12-15)20(19)17(21)22-13-14-6-3-2-4-7-14/h2-8,10,12,16H,9,11,13H2,1H3. The molecule has 0 spiro atoms. The Morgan fingerprint density at radius 2 is 2.09 bits per heavy atom. The summed E-state index contributed by atoms with van der Waals surface area (Å²) in [4.78, 5) is 16.6. The van der Waals surface area contributed by atoms with E-state index in [1.54, 1.807) is 17.4 Å². The molecule has 22 heavy (non-hydrogen) atoms. The minimum absolute atomic E-state index is 0.0121. The van der Waals surface area contributed by atoms with Gasteiger partial charge in [-0.05, 0) is 23.6 Å². The quantitative estimate of drug-likeness (QED) is 0.873. The second-order valence-corrected chi connectivity index (χ2v) is 5.36. The maximum Gasteiger partial charge on any atom is 0.425 e. The summed E-state index contributed by atoms with van der Waals surface area (Å²) >= 11 is 0. The van der Waals surface area contributed by atoms with Gasteiger partial charge in [-0.1, -0.05) is 36.4 Å². The molecule has 1 aromatic carbocycles. The van der Waals surface area contributed by atoms with Crippen molar-refractivity contribution in [2.75, 3.05) is 13.6 Å². The highest BCUT2D eigenvalue weighted by Gasteiger charge is 2.35. The third-order valence-corrected chi connectivity index (χ3v) is 3.85. The molecule has 5 heteroatoms. The zero-order valence-electron chi connectivity index (χ0n) is 12.6. The largest absolute Gasteiger partial charge is 0.444 e. The number of hydrogen-bond donors (Lipinski definition) is 0. The topological polar surface area (TPSA) is 45.7 Å². The smallest absolute Gasteiger partial charge is 0.425 e. The molecule has 1 fully saturated rings. The number of carbonyl (C=O) groups excluding carboxylic acids is 1. The van der Waals surface area contributed by atoms with Crippen LogP contribution in [0.3, 0.4) is 0 Å². The second-order valence-electron chi connectivity index (χ2n) is 5.36. The second kappa shape index (κ2) is 6.58. The highest BCUT2D eigenvalue weighted by molar-refractivity contribution is 5.68. The summed E-state index contributed by atoms with van der Waals surface area (Å²) in [6, 6.07) is 13.6. The zero-order chi connectivity index (χ0) is 15.4. The van der Waals surface area contributed by atoms with Crippen LogP contribution in [0, 0.1) is 0 Å². The highest BCUT2D eigenvalue weighted by atomic mass is 16.6. The Morgan fingerprint density at radius 1 is 1.27 bits per heavy atom. The molecule has 1 aliphatic heterocycles.